The van der Waals surface area contributed by atoms with Crippen molar-refractivity contribution in [1.29, 1.82) is 5.26 Å². The Morgan fingerprint density at radius 2 is 2.03 bits per heavy atom. The number of aliphatic imine (C=N–C) groups is 1. The molecule has 166 valence electrons. The molecule has 2 atom stereocenters. The average molecular weight is 535 g/mol. The molecule has 2 N–H and O–H groups in total. The third-order valence-electron chi connectivity index (χ3n) is 5.52. The van der Waals surface area contributed by atoms with Gasteiger partial charge in [-0.15, -0.1) is 24.0 Å². The van der Waals surface area contributed by atoms with Crippen molar-refractivity contribution >= 4 is 29.9 Å². The summed E-state index contributed by atoms with van der Waals surface area (Å²) in [5.74, 6) is 0.312. The Morgan fingerprint density at radius 1 is 1.26 bits per heavy atom. The van der Waals surface area contributed by atoms with Gasteiger partial charge in [0.15, 0.2) is 5.96 Å². The third kappa shape index (κ3) is 7.47. The maximum atomic E-state index is 14.1. The zero-order valence-corrected chi connectivity index (χ0v) is 20.5. The molecule has 1 aliphatic heterocycles. The van der Waals surface area contributed by atoms with Gasteiger partial charge in [0, 0.05) is 37.3 Å². The molecule has 2 unspecified atom stereocenters. The molecule has 0 aromatic heterocycles. The van der Waals surface area contributed by atoms with Gasteiger partial charge in [0.1, 0.15) is 5.82 Å². The molecule has 0 radical (unpaired) electrons. The Kier molecular flexibility index (Phi) is 10.2. The highest BCUT2D eigenvalue weighted by Gasteiger charge is 2.26. The van der Waals surface area contributed by atoms with Crippen LogP contribution in [-0.2, 0) is 13.1 Å². The molecule has 1 heterocycles. The van der Waals surface area contributed by atoms with Crippen LogP contribution in [0.15, 0.2) is 53.5 Å². The smallest absolute Gasteiger partial charge is 0.191 e. The van der Waals surface area contributed by atoms with Gasteiger partial charge in [0.2, 0.25) is 0 Å². The molecule has 0 saturated carbocycles. The summed E-state index contributed by atoms with van der Waals surface area (Å²) in [6.07, 6.45) is 2.06. The number of likely N-dealkylation sites (tertiary alicyclic amines) is 1. The van der Waals surface area contributed by atoms with Crippen LogP contribution < -0.4 is 10.6 Å². The summed E-state index contributed by atoms with van der Waals surface area (Å²) in [4.78, 5) is 7.08. The van der Waals surface area contributed by atoms with Crippen molar-refractivity contribution in [3.63, 3.8) is 0 Å². The fourth-order valence-corrected chi connectivity index (χ4v) is 3.83. The van der Waals surface area contributed by atoms with Crippen LogP contribution in [0.3, 0.4) is 0 Å². The minimum absolute atomic E-state index is 0. The molecule has 2 aromatic rings. The van der Waals surface area contributed by atoms with Crippen LogP contribution in [0.25, 0.3) is 0 Å². The largest absolute Gasteiger partial charge is 0.357 e. The van der Waals surface area contributed by atoms with E-state index >= 15 is 0 Å². The monoisotopic (exact) mass is 535 g/mol. The zero-order chi connectivity index (χ0) is 21.3. The lowest BCUT2D eigenvalue weighted by molar-refractivity contribution is 0.134. The van der Waals surface area contributed by atoms with E-state index in [1.54, 1.807) is 12.1 Å². The molecular formula is C24H31FIN5. The zero-order valence-electron chi connectivity index (χ0n) is 18.1. The summed E-state index contributed by atoms with van der Waals surface area (Å²) >= 11 is 0. The lowest BCUT2D eigenvalue weighted by Gasteiger charge is -2.38. The molecule has 5 nitrogen and oxygen atoms in total. The number of guanidine groups is 1. The van der Waals surface area contributed by atoms with E-state index < -0.39 is 5.82 Å². The van der Waals surface area contributed by atoms with Crippen molar-refractivity contribution in [2.45, 2.75) is 51.9 Å². The van der Waals surface area contributed by atoms with E-state index in [9.17, 15) is 4.39 Å². The van der Waals surface area contributed by atoms with E-state index in [1.807, 2.05) is 13.0 Å². The van der Waals surface area contributed by atoms with Gasteiger partial charge in [-0.05, 0) is 44.4 Å². The molecule has 1 saturated heterocycles. The molecule has 3 rings (SSSR count). The number of nitrogens with one attached hydrogen (secondary N) is 2. The molecule has 2 aromatic carbocycles. The van der Waals surface area contributed by atoms with Crippen molar-refractivity contribution in [2.75, 3.05) is 13.1 Å². The van der Waals surface area contributed by atoms with Gasteiger partial charge in [0.25, 0.3) is 0 Å². The molecule has 31 heavy (non-hydrogen) atoms. The minimum Gasteiger partial charge on any atom is -0.357 e. The van der Waals surface area contributed by atoms with E-state index in [1.165, 1.54) is 11.6 Å². The summed E-state index contributed by atoms with van der Waals surface area (Å²) < 4.78 is 14.1. The predicted molar refractivity (Wildman–Crippen MR) is 134 cm³/mol. The normalized spacial score (nSPS) is 19.2. The molecule has 1 aliphatic rings. The number of piperidine rings is 1. The summed E-state index contributed by atoms with van der Waals surface area (Å²) in [5, 5.41) is 15.7. The Balaban J connectivity index is 0.00000341. The van der Waals surface area contributed by atoms with Crippen LogP contribution in [0.1, 0.15) is 43.4 Å². The topological polar surface area (TPSA) is 63.5 Å². The second-order valence-corrected chi connectivity index (χ2v) is 7.78. The first-order chi connectivity index (χ1) is 14.6. The maximum absolute atomic E-state index is 14.1. The lowest BCUT2D eigenvalue weighted by Crippen LogP contribution is -2.51. The van der Waals surface area contributed by atoms with E-state index in [0.29, 0.717) is 29.2 Å². The Morgan fingerprint density at radius 3 is 2.68 bits per heavy atom. The quantitative estimate of drug-likeness (QED) is 0.327. The summed E-state index contributed by atoms with van der Waals surface area (Å²) in [7, 11) is 0. The first-order valence-electron chi connectivity index (χ1n) is 10.6. The van der Waals surface area contributed by atoms with Crippen molar-refractivity contribution in [3.8, 4) is 6.07 Å². The number of benzene rings is 2. The van der Waals surface area contributed by atoms with Crippen LogP contribution in [0, 0.1) is 17.1 Å². The van der Waals surface area contributed by atoms with Crippen molar-refractivity contribution in [2.24, 2.45) is 4.99 Å². The average Bonchev–Trinajstić information content (AvgIpc) is 2.75. The number of hydrogen-bond donors (Lipinski definition) is 2. The summed E-state index contributed by atoms with van der Waals surface area (Å²) in [5.41, 5.74) is 2.15. The Labute approximate surface area is 201 Å². The van der Waals surface area contributed by atoms with Crippen LogP contribution >= 0.6 is 24.0 Å². The van der Waals surface area contributed by atoms with E-state index in [2.05, 4.69) is 57.8 Å². The number of nitrogens with zero attached hydrogens (tertiary/aromatic N) is 3. The minimum atomic E-state index is -0.392. The van der Waals surface area contributed by atoms with E-state index in [-0.39, 0.29) is 30.5 Å². The van der Waals surface area contributed by atoms with Crippen molar-refractivity contribution < 1.29 is 4.39 Å². The first kappa shape index (κ1) is 25.1. The summed E-state index contributed by atoms with van der Waals surface area (Å²) in [6, 6.07) is 17.8. The van der Waals surface area contributed by atoms with E-state index in [0.717, 1.165) is 32.5 Å². The highest BCUT2D eigenvalue weighted by molar-refractivity contribution is 14.0. The lowest BCUT2D eigenvalue weighted by atomic mass is 9.97. The Hall–Kier alpha value is -2.18. The number of nitriles is 1. The van der Waals surface area contributed by atoms with Crippen LogP contribution in [0.4, 0.5) is 4.39 Å². The first-order valence-corrected chi connectivity index (χ1v) is 10.6. The standard InChI is InChI=1S/C24H30FN5.HI/c1-3-27-24(28-16-21-10-9-20(15-26)14-23(21)25)29-22-11-12-30(18(2)13-22)17-19-7-5-4-6-8-19;/h4-10,14,18,22H,3,11-13,16-17H2,1-2H3,(H2,27,28,29);1H. The number of rotatable bonds is 6. The molecule has 0 spiro atoms. The highest BCUT2D eigenvalue weighted by Crippen LogP contribution is 2.20. The fourth-order valence-electron chi connectivity index (χ4n) is 3.83. The molecule has 1 fully saturated rings. The molecular weight excluding hydrogens is 504 g/mol. The van der Waals surface area contributed by atoms with Gasteiger partial charge in [-0.3, -0.25) is 4.90 Å². The predicted octanol–water partition coefficient (Wildman–Crippen LogP) is 4.42. The molecule has 0 aliphatic carbocycles. The second-order valence-electron chi connectivity index (χ2n) is 7.78. The van der Waals surface area contributed by atoms with Gasteiger partial charge in [0.05, 0.1) is 18.2 Å². The molecule has 0 bridgehead atoms. The van der Waals surface area contributed by atoms with Crippen LogP contribution in [0.2, 0.25) is 0 Å². The van der Waals surface area contributed by atoms with Crippen LogP contribution in [-0.4, -0.2) is 36.0 Å². The van der Waals surface area contributed by atoms with Gasteiger partial charge in [-0.2, -0.15) is 5.26 Å². The second kappa shape index (κ2) is 12.6. The summed E-state index contributed by atoms with van der Waals surface area (Å²) in [6.45, 7) is 7.26. The maximum Gasteiger partial charge on any atom is 0.191 e. The van der Waals surface area contributed by atoms with E-state index in [4.69, 9.17) is 5.26 Å². The number of halogens is 2. The SMILES string of the molecule is CCNC(=NCc1ccc(C#N)cc1F)NC1CCN(Cc2ccccc2)C(C)C1.I. The number of hydrogen-bond acceptors (Lipinski definition) is 3. The van der Waals surface area contributed by atoms with Gasteiger partial charge < -0.3 is 10.6 Å². The van der Waals surface area contributed by atoms with Crippen molar-refractivity contribution in [1.82, 2.24) is 15.5 Å². The van der Waals surface area contributed by atoms with Gasteiger partial charge in [-0.25, -0.2) is 9.38 Å². The van der Waals surface area contributed by atoms with Gasteiger partial charge >= 0.3 is 0 Å². The highest BCUT2D eigenvalue weighted by atomic mass is 127. The van der Waals surface area contributed by atoms with Crippen molar-refractivity contribution in [3.05, 3.63) is 71.0 Å². The Bertz CT molecular complexity index is 897. The van der Waals surface area contributed by atoms with Gasteiger partial charge in [-0.1, -0.05) is 36.4 Å². The van der Waals surface area contributed by atoms with Crippen LogP contribution in [0.5, 0.6) is 0 Å². The third-order valence-corrected chi connectivity index (χ3v) is 5.52. The molecule has 7 heteroatoms. The fraction of sp³-hybridized carbons (Fsp3) is 0.417. The molecule has 0 amide bonds.